The van der Waals surface area contributed by atoms with Crippen molar-refractivity contribution in [1.82, 2.24) is 4.98 Å². The Hall–Kier alpha value is -3.57. The summed E-state index contributed by atoms with van der Waals surface area (Å²) in [6.07, 6.45) is -0.556. The monoisotopic (exact) mass is 574 g/mol. The third-order valence-corrected chi connectivity index (χ3v) is 8.03. The fourth-order valence-corrected chi connectivity index (χ4v) is 6.25. The van der Waals surface area contributed by atoms with Crippen LogP contribution in [0.1, 0.15) is 54.8 Å². The van der Waals surface area contributed by atoms with Gasteiger partial charge in [-0.15, -0.1) is 0 Å². The third kappa shape index (κ3) is 5.03. The van der Waals surface area contributed by atoms with Gasteiger partial charge in [0.2, 0.25) is 15.9 Å². The Kier molecular flexibility index (Phi) is 7.44. The van der Waals surface area contributed by atoms with E-state index in [9.17, 15) is 18.3 Å². The molecule has 1 aliphatic rings. The molecule has 3 aromatic rings. The highest BCUT2D eigenvalue weighted by molar-refractivity contribution is 7.92. The minimum atomic E-state index is -4.02. The lowest BCUT2D eigenvalue weighted by atomic mass is 9.79. The Bertz CT molecular complexity index is 1650. The molecule has 214 valence electrons. The fourth-order valence-electron chi connectivity index (χ4n) is 5.33. The molecule has 0 aliphatic carbocycles. The van der Waals surface area contributed by atoms with E-state index < -0.39 is 45.9 Å². The summed E-state index contributed by atoms with van der Waals surface area (Å²) in [7, 11) is -2.55. The van der Waals surface area contributed by atoms with Crippen LogP contribution in [-0.4, -0.2) is 43.4 Å². The number of nitrogens with zero attached hydrogens (tertiary/aromatic N) is 2. The predicted molar refractivity (Wildman–Crippen MR) is 148 cm³/mol. The number of fused-ring (bicyclic) bond motifs is 3. The van der Waals surface area contributed by atoms with Gasteiger partial charge in [0.1, 0.15) is 11.6 Å². The van der Waals surface area contributed by atoms with Crippen molar-refractivity contribution in [2.24, 2.45) is 0 Å². The summed E-state index contributed by atoms with van der Waals surface area (Å²) in [5.41, 5.74) is 1.35. The van der Waals surface area contributed by atoms with E-state index in [0.29, 0.717) is 28.3 Å². The number of carboxylic acid groups (broad SMARTS) is 1. The van der Waals surface area contributed by atoms with Gasteiger partial charge in [0.25, 0.3) is 0 Å². The van der Waals surface area contributed by atoms with Crippen LogP contribution < -0.4 is 9.04 Å². The molecular formula is C29H32F2N2O6S. The van der Waals surface area contributed by atoms with Crippen LogP contribution in [0.5, 0.6) is 5.88 Å². The fraction of sp³-hybridized carbons (Fsp3) is 0.379. The molecular weight excluding hydrogens is 542 g/mol. The summed E-state index contributed by atoms with van der Waals surface area (Å²) >= 11 is 0. The minimum absolute atomic E-state index is 0.0639. The number of benzene rings is 2. The zero-order valence-electron chi connectivity index (χ0n) is 23.6. The molecule has 4 rings (SSSR count). The number of methoxy groups -OCH3 is 1. The van der Waals surface area contributed by atoms with Crippen molar-refractivity contribution in [3.8, 4) is 28.1 Å². The number of anilines is 1. The molecule has 0 spiro atoms. The lowest BCUT2D eigenvalue weighted by Gasteiger charge is -2.37. The van der Waals surface area contributed by atoms with Crippen molar-refractivity contribution in [3.63, 3.8) is 0 Å². The molecule has 2 aromatic carbocycles. The van der Waals surface area contributed by atoms with E-state index in [0.717, 1.165) is 22.7 Å². The number of carbonyl (C=O) groups is 1. The van der Waals surface area contributed by atoms with E-state index in [4.69, 9.17) is 9.47 Å². The second-order valence-corrected chi connectivity index (χ2v) is 12.8. The number of aromatic nitrogens is 1. The minimum Gasteiger partial charge on any atom is -0.481 e. The number of sulfonamides is 1. The topological polar surface area (TPSA) is 106 Å². The van der Waals surface area contributed by atoms with Crippen LogP contribution in [0.4, 0.5) is 14.5 Å². The van der Waals surface area contributed by atoms with Gasteiger partial charge < -0.3 is 14.6 Å². The van der Waals surface area contributed by atoms with Crippen molar-refractivity contribution in [2.45, 2.75) is 59.8 Å². The lowest BCUT2D eigenvalue weighted by molar-refractivity contribution is -0.160. The molecule has 1 aromatic heterocycles. The van der Waals surface area contributed by atoms with Gasteiger partial charge in [-0.3, -0.25) is 4.31 Å². The van der Waals surface area contributed by atoms with Gasteiger partial charge in [0, 0.05) is 39.6 Å². The molecule has 0 saturated carbocycles. The standard InChI is InChI=1S/C29H32F2N2O6S/c1-14-22(17-9-12-21(38-7)32-16(17)3)24(27(28(34)35)39-29(4,5)6)15(2)26-23(14)25-18(13-33(26)40(8,36)37)19(30)10-11-20(25)31/h9-12,27H,13H2,1-8H3,(H,34,35)/t27-/m0/s1. The molecule has 0 saturated heterocycles. The first-order chi connectivity index (χ1) is 18.5. The molecule has 2 heterocycles. The highest BCUT2D eigenvalue weighted by atomic mass is 32.2. The Morgan fingerprint density at radius 3 is 2.17 bits per heavy atom. The van der Waals surface area contributed by atoms with Crippen LogP contribution in [0.15, 0.2) is 24.3 Å². The summed E-state index contributed by atoms with van der Waals surface area (Å²) in [5, 5.41) is 10.4. The largest absolute Gasteiger partial charge is 0.481 e. The highest BCUT2D eigenvalue weighted by Crippen LogP contribution is 2.52. The van der Waals surface area contributed by atoms with Gasteiger partial charge in [0.05, 0.1) is 31.2 Å². The van der Waals surface area contributed by atoms with Crippen LogP contribution in [0.2, 0.25) is 0 Å². The molecule has 0 amide bonds. The maximum absolute atomic E-state index is 15.5. The van der Waals surface area contributed by atoms with E-state index >= 15 is 8.78 Å². The zero-order valence-corrected chi connectivity index (χ0v) is 24.5. The van der Waals surface area contributed by atoms with Crippen LogP contribution in [0, 0.1) is 32.4 Å². The second kappa shape index (κ2) is 10.1. The average Bonchev–Trinajstić information content (AvgIpc) is 2.85. The predicted octanol–water partition coefficient (Wildman–Crippen LogP) is 5.85. The molecule has 8 nitrogen and oxygen atoms in total. The first-order valence-corrected chi connectivity index (χ1v) is 14.4. The lowest BCUT2D eigenvalue weighted by Crippen LogP contribution is -2.35. The first-order valence-electron chi connectivity index (χ1n) is 12.5. The second-order valence-electron chi connectivity index (χ2n) is 10.8. The number of hydrogen-bond donors (Lipinski definition) is 1. The van der Waals surface area contributed by atoms with E-state index in [1.54, 1.807) is 53.7 Å². The molecule has 1 atom stereocenters. The van der Waals surface area contributed by atoms with Gasteiger partial charge in [-0.1, -0.05) is 0 Å². The maximum Gasteiger partial charge on any atom is 0.337 e. The maximum atomic E-state index is 15.5. The number of carboxylic acids is 1. The zero-order chi connectivity index (χ0) is 29.9. The summed E-state index contributed by atoms with van der Waals surface area (Å²) < 4.78 is 69.1. The number of hydrogen-bond acceptors (Lipinski definition) is 6. The summed E-state index contributed by atoms with van der Waals surface area (Å²) in [6.45, 7) is 9.60. The third-order valence-electron chi connectivity index (χ3n) is 6.92. The number of halogens is 2. The summed E-state index contributed by atoms with van der Waals surface area (Å²) in [4.78, 5) is 17.2. The highest BCUT2D eigenvalue weighted by Gasteiger charge is 2.40. The Balaban J connectivity index is 2.28. The average molecular weight is 575 g/mol. The molecule has 0 fully saturated rings. The number of ether oxygens (including phenoxy) is 2. The van der Waals surface area contributed by atoms with E-state index in [1.165, 1.54) is 7.11 Å². The van der Waals surface area contributed by atoms with E-state index in [2.05, 4.69) is 4.98 Å². The molecule has 1 N–H and O–H groups in total. The number of rotatable bonds is 6. The molecule has 1 aliphatic heterocycles. The smallest absolute Gasteiger partial charge is 0.337 e. The van der Waals surface area contributed by atoms with Crippen LogP contribution in [0.3, 0.4) is 0 Å². The molecule has 0 unspecified atom stereocenters. The molecule has 40 heavy (non-hydrogen) atoms. The van der Waals surface area contributed by atoms with Gasteiger partial charge in [-0.2, -0.15) is 0 Å². The normalized spacial score (nSPS) is 14.0. The molecule has 0 radical (unpaired) electrons. The van der Waals surface area contributed by atoms with Crippen molar-refractivity contribution in [1.29, 1.82) is 0 Å². The number of aliphatic carboxylic acids is 1. The van der Waals surface area contributed by atoms with Crippen LogP contribution >= 0.6 is 0 Å². The Labute approximate surface area is 232 Å². The first kappa shape index (κ1) is 29.4. The van der Waals surface area contributed by atoms with Gasteiger partial charge >= 0.3 is 5.97 Å². The summed E-state index contributed by atoms with van der Waals surface area (Å²) in [5.74, 6) is -2.44. The van der Waals surface area contributed by atoms with E-state index in [-0.39, 0.29) is 33.5 Å². The van der Waals surface area contributed by atoms with Crippen molar-refractivity contribution >= 4 is 21.7 Å². The van der Waals surface area contributed by atoms with Gasteiger partial charge in [-0.05, 0) is 76.4 Å². The molecule has 11 heteroatoms. The van der Waals surface area contributed by atoms with Gasteiger partial charge in [-0.25, -0.2) is 27.0 Å². The summed E-state index contributed by atoms with van der Waals surface area (Å²) in [6, 6.07) is 5.28. The van der Waals surface area contributed by atoms with Crippen molar-refractivity contribution in [3.05, 3.63) is 63.8 Å². The van der Waals surface area contributed by atoms with Crippen LogP contribution in [-0.2, 0) is 26.1 Å². The Morgan fingerprint density at radius 2 is 1.65 bits per heavy atom. The molecule has 0 bridgehead atoms. The van der Waals surface area contributed by atoms with Crippen molar-refractivity contribution in [2.75, 3.05) is 17.7 Å². The number of aryl methyl sites for hydroxylation is 1. The SMILES string of the molecule is COc1ccc(-c2c(C)c3c(c(C)c2[C@H](OC(C)(C)C)C(=O)O)N(S(C)(=O)=O)Cc2c(F)ccc(F)c2-3)c(C)n1. The van der Waals surface area contributed by atoms with Crippen molar-refractivity contribution < 1.29 is 36.6 Å². The van der Waals surface area contributed by atoms with E-state index in [1.807, 2.05) is 0 Å². The quantitative estimate of drug-likeness (QED) is 0.394. The Morgan fingerprint density at radius 1 is 1.02 bits per heavy atom. The van der Waals surface area contributed by atoms with Gasteiger partial charge in [0.15, 0.2) is 6.10 Å². The number of pyridine rings is 1. The van der Waals surface area contributed by atoms with Crippen LogP contribution in [0.25, 0.3) is 22.3 Å².